The molecule has 0 saturated carbocycles. The lowest BCUT2D eigenvalue weighted by Gasteiger charge is -2.20. The smallest absolute Gasteiger partial charge is 0.191 e. The third-order valence-corrected chi connectivity index (χ3v) is 5.14. The van der Waals surface area contributed by atoms with Gasteiger partial charge in [-0.15, -0.1) is 24.0 Å². The second kappa shape index (κ2) is 10.8. The van der Waals surface area contributed by atoms with Crippen molar-refractivity contribution in [1.82, 2.24) is 10.6 Å². The molecule has 1 aliphatic heterocycles. The molecule has 0 radical (unpaired) electrons. The van der Waals surface area contributed by atoms with Crippen LogP contribution in [0, 0.1) is 11.7 Å². The lowest BCUT2D eigenvalue weighted by molar-refractivity contribution is 0.563. The van der Waals surface area contributed by atoms with Crippen LogP contribution in [0.1, 0.15) is 12.0 Å². The van der Waals surface area contributed by atoms with E-state index in [1.165, 1.54) is 11.8 Å². The number of rotatable bonds is 5. The molecule has 1 fully saturated rings. The summed E-state index contributed by atoms with van der Waals surface area (Å²) in [4.78, 5) is 6.64. The van der Waals surface area contributed by atoms with E-state index in [1.807, 2.05) is 12.1 Å². The number of nitrogens with one attached hydrogen (secondary N) is 2. The third kappa shape index (κ3) is 6.34. The molecule has 3 rings (SSSR count). The zero-order valence-corrected chi connectivity index (χ0v) is 19.2. The van der Waals surface area contributed by atoms with Gasteiger partial charge in [-0.1, -0.05) is 40.2 Å². The van der Waals surface area contributed by atoms with Gasteiger partial charge in [0.1, 0.15) is 5.82 Å². The predicted molar refractivity (Wildman–Crippen MR) is 124 cm³/mol. The monoisotopic (exact) mass is 546 g/mol. The van der Waals surface area contributed by atoms with Crippen molar-refractivity contribution in [3.63, 3.8) is 0 Å². The Balaban J connectivity index is 0.00000261. The van der Waals surface area contributed by atoms with E-state index in [-0.39, 0.29) is 29.8 Å². The van der Waals surface area contributed by atoms with Gasteiger partial charge in [0.15, 0.2) is 5.96 Å². The zero-order valence-electron chi connectivity index (χ0n) is 15.3. The largest absolute Gasteiger partial charge is 0.371 e. The Morgan fingerprint density at radius 2 is 2.04 bits per heavy atom. The zero-order chi connectivity index (χ0) is 18.4. The molecule has 1 heterocycles. The number of hydrogen-bond acceptors (Lipinski definition) is 2. The van der Waals surface area contributed by atoms with Crippen LogP contribution in [-0.2, 0) is 6.54 Å². The molecular weight excluding hydrogens is 522 g/mol. The molecule has 0 bridgehead atoms. The molecule has 146 valence electrons. The average Bonchev–Trinajstić information content (AvgIpc) is 3.12. The second-order valence-electron chi connectivity index (χ2n) is 6.48. The number of hydrogen-bond donors (Lipinski definition) is 2. The van der Waals surface area contributed by atoms with Crippen LogP contribution in [-0.4, -0.2) is 32.6 Å². The van der Waals surface area contributed by atoms with Crippen LogP contribution in [0.4, 0.5) is 10.1 Å². The lowest BCUT2D eigenvalue weighted by atomic mass is 10.1. The molecule has 2 aromatic carbocycles. The predicted octanol–water partition coefficient (Wildman–Crippen LogP) is 4.40. The first-order chi connectivity index (χ1) is 12.7. The summed E-state index contributed by atoms with van der Waals surface area (Å²) in [5.41, 5.74) is 1.89. The van der Waals surface area contributed by atoms with Crippen LogP contribution >= 0.6 is 39.9 Å². The maximum Gasteiger partial charge on any atom is 0.191 e. The van der Waals surface area contributed by atoms with E-state index in [1.54, 1.807) is 19.2 Å². The molecule has 27 heavy (non-hydrogen) atoms. The van der Waals surface area contributed by atoms with Gasteiger partial charge in [0.05, 0.1) is 0 Å². The van der Waals surface area contributed by atoms with E-state index in [4.69, 9.17) is 0 Å². The number of anilines is 1. The van der Waals surface area contributed by atoms with Crippen molar-refractivity contribution >= 4 is 51.6 Å². The first kappa shape index (κ1) is 21.9. The van der Waals surface area contributed by atoms with Crippen LogP contribution in [0.3, 0.4) is 0 Å². The van der Waals surface area contributed by atoms with Crippen LogP contribution in [0.5, 0.6) is 0 Å². The number of benzene rings is 2. The first-order valence-electron chi connectivity index (χ1n) is 8.84. The molecule has 1 atom stereocenters. The Bertz CT molecular complexity index is 771. The normalized spacial score (nSPS) is 16.8. The standard InChI is InChI=1S/C20H24BrFN4.HI/c1-23-20(25-13-16-5-2-3-8-19(16)22)24-12-15-9-10-26(14-15)18-7-4-6-17(21)11-18;/h2-8,11,15H,9-10,12-14H2,1H3,(H2,23,24,25);1H. The van der Waals surface area contributed by atoms with Gasteiger partial charge in [-0.05, 0) is 36.6 Å². The number of aliphatic imine (C=N–C) groups is 1. The Kier molecular flexibility index (Phi) is 8.82. The molecule has 1 unspecified atom stereocenters. The third-order valence-electron chi connectivity index (χ3n) is 4.65. The van der Waals surface area contributed by atoms with Gasteiger partial charge in [-0.25, -0.2) is 4.39 Å². The minimum absolute atomic E-state index is 0. The van der Waals surface area contributed by atoms with Crippen LogP contribution < -0.4 is 15.5 Å². The molecule has 2 N–H and O–H groups in total. The average molecular weight is 547 g/mol. The van der Waals surface area contributed by atoms with Crippen molar-refractivity contribution in [3.8, 4) is 0 Å². The highest BCUT2D eigenvalue weighted by atomic mass is 127. The summed E-state index contributed by atoms with van der Waals surface area (Å²) in [6, 6.07) is 15.2. The molecule has 4 nitrogen and oxygen atoms in total. The number of nitrogens with zero attached hydrogens (tertiary/aromatic N) is 2. The Morgan fingerprint density at radius 3 is 2.78 bits per heavy atom. The SMILES string of the molecule is CN=C(NCc1ccccc1F)NCC1CCN(c2cccc(Br)c2)C1.I. The number of halogens is 3. The van der Waals surface area contributed by atoms with Gasteiger partial charge in [0.2, 0.25) is 0 Å². The maximum atomic E-state index is 13.7. The second-order valence-corrected chi connectivity index (χ2v) is 7.39. The van der Waals surface area contributed by atoms with Crippen molar-refractivity contribution in [2.24, 2.45) is 10.9 Å². The minimum atomic E-state index is -0.198. The molecule has 0 spiro atoms. The number of guanidine groups is 1. The summed E-state index contributed by atoms with van der Waals surface area (Å²) in [6.07, 6.45) is 1.14. The summed E-state index contributed by atoms with van der Waals surface area (Å²) >= 11 is 3.54. The lowest BCUT2D eigenvalue weighted by Crippen LogP contribution is -2.40. The first-order valence-corrected chi connectivity index (χ1v) is 9.63. The van der Waals surface area contributed by atoms with Crippen LogP contribution in [0.2, 0.25) is 0 Å². The van der Waals surface area contributed by atoms with Crippen LogP contribution in [0.15, 0.2) is 58.0 Å². The Hall–Kier alpha value is -1.35. The summed E-state index contributed by atoms with van der Waals surface area (Å²) in [6.45, 7) is 3.35. The summed E-state index contributed by atoms with van der Waals surface area (Å²) in [7, 11) is 1.74. The van der Waals surface area contributed by atoms with E-state index < -0.39 is 0 Å². The summed E-state index contributed by atoms with van der Waals surface area (Å²) in [5, 5.41) is 6.54. The molecule has 1 saturated heterocycles. The minimum Gasteiger partial charge on any atom is -0.371 e. The van der Waals surface area contributed by atoms with Gasteiger partial charge < -0.3 is 15.5 Å². The molecule has 1 aliphatic rings. The van der Waals surface area contributed by atoms with Crippen LogP contribution in [0.25, 0.3) is 0 Å². The van der Waals surface area contributed by atoms with Crippen molar-refractivity contribution < 1.29 is 4.39 Å². The van der Waals surface area contributed by atoms with Gasteiger partial charge in [0, 0.05) is 49.0 Å². The van der Waals surface area contributed by atoms with E-state index in [0.717, 1.165) is 30.5 Å². The highest BCUT2D eigenvalue weighted by Gasteiger charge is 2.22. The van der Waals surface area contributed by atoms with E-state index in [0.29, 0.717) is 24.0 Å². The van der Waals surface area contributed by atoms with Gasteiger partial charge in [-0.2, -0.15) is 0 Å². The molecule has 0 aromatic heterocycles. The maximum absolute atomic E-state index is 13.7. The fourth-order valence-electron chi connectivity index (χ4n) is 3.19. The van der Waals surface area contributed by atoms with Gasteiger partial charge in [0.25, 0.3) is 0 Å². The molecule has 0 amide bonds. The van der Waals surface area contributed by atoms with Crippen molar-refractivity contribution in [2.45, 2.75) is 13.0 Å². The van der Waals surface area contributed by atoms with Crippen molar-refractivity contribution in [2.75, 3.05) is 31.6 Å². The topological polar surface area (TPSA) is 39.7 Å². The van der Waals surface area contributed by atoms with Gasteiger partial charge in [-0.3, -0.25) is 4.99 Å². The quantitative estimate of drug-likeness (QED) is 0.332. The van der Waals surface area contributed by atoms with Crippen molar-refractivity contribution in [3.05, 3.63) is 64.4 Å². The molecular formula is C20H25BrFIN4. The van der Waals surface area contributed by atoms with Crippen molar-refractivity contribution in [1.29, 1.82) is 0 Å². The van der Waals surface area contributed by atoms with E-state index in [2.05, 4.69) is 54.7 Å². The van der Waals surface area contributed by atoms with Gasteiger partial charge >= 0.3 is 0 Å². The highest BCUT2D eigenvalue weighted by Crippen LogP contribution is 2.25. The fourth-order valence-corrected chi connectivity index (χ4v) is 3.58. The molecule has 0 aliphatic carbocycles. The molecule has 2 aromatic rings. The van der Waals surface area contributed by atoms with E-state index >= 15 is 0 Å². The fraction of sp³-hybridized carbons (Fsp3) is 0.350. The summed E-state index contributed by atoms with van der Waals surface area (Å²) in [5.74, 6) is 1.06. The Morgan fingerprint density at radius 1 is 1.22 bits per heavy atom. The summed E-state index contributed by atoms with van der Waals surface area (Å²) < 4.78 is 14.8. The Labute approximate surface area is 185 Å². The van der Waals surface area contributed by atoms with E-state index in [9.17, 15) is 4.39 Å². The molecule has 7 heteroatoms. The highest BCUT2D eigenvalue weighted by molar-refractivity contribution is 14.0.